The van der Waals surface area contributed by atoms with Gasteiger partial charge in [0, 0.05) is 18.8 Å². The van der Waals surface area contributed by atoms with E-state index in [-0.39, 0.29) is 29.5 Å². The Labute approximate surface area is 223 Å². The summed E-state index contributed by atoms with van der Waals surface area (Å²) >= 11 is 0. The van der Waals surface area contributed by atoms with Gasteiger partial charge in [-0.1, -0.05) is 44.5 Å². The Morgan fingerprint density at radius 1 is 0.947 bits per heavy atom. The fourth-order valence-corrected chi connectivity index (χ4v) is 4.60. The van der Waals surface area contributed by atoms with Gasteiger partial charge in [-0.05, 0) is 49.4 Å². The molecule has 2 N–H and O–H groups in total. The van der Waals surface area contributed by atoms with Gasteiger partial charge in [-0.25, -0.2) is 4.39 Å². The number of nitrogens with one attached hydrogen (secondary N) is 1. The van der Waals surface area contributed by atoms with Gasteiger partial charge in [0.15, 0.2) is 0 Å². The third-order valence-corrected chi connectivity index (χ3v) is 6.60. The maximum Gasteiger partial charge on any atom is 0.255 e. The Hall–Kier alpha value is -3.81. The lowest BCUT2D eigenvalue weighted by Crippen LogP contribution is -2.36. The smallest absolute Gasteiger partial charge is 0.255 e. The fourth-order valence-electron chi connectivity index (χ4n) is 4.60. The van der Waals surface area contributed by atoms with Crippen LogP contribution in [0, 0.1) is 5.82 Å². The number of carbonyl (C=O) groups is 1. The number of ether oxygens (including phenoxy) is 2. The summed E-state index contributed by atoms with van der Waals surface area (Å²) in [5.74, 6) is 0.0480. The van der Waals surface area contributed by atoms with Gasteiger partial charge in [0.25, 0.3) is 5.56 Å². The van der Waals surface area contributed by atoms with Gasteiger partial charge >= 0.3 is 0 Å². The van der Waals surface area contributed by atoms with Crippen LogP contribution >= 0.6 is 0 Å². The number of aromatic hydroxyl groups is 1. The minimum absolute atomic E-state index is 0.0230. The van der Waals surface area contributed by atoms with E-state index in [1.807, 2.05) is 13.8 Å². The Bertz CT molecular complexity index is 1280. The first kappa shape index (κ1) is 28.8. The minimum atomic E-state index is -0.509. The number of unbranched alkanes of at least 4 members (excludes halogenated alkanes) is 1. The second-order valence-corrected chi connectivity index (χ2v) is 9.17. The van der Waals surface area contributed by atoms with Crippen LogP contribution in [0.5, 0.6) is 17.2 Å². The number of halogens is 1. The van der Waals surface area contributed by atoms with E-state index in [1.165, 1.54) is 20.3 Å². The highest BCUT2D eigenvalue weighted by molar-refractivity contribution is 5.86. The highest BCUT2D eigenvalue weighted by Crippen LogP contribution is 2.44. The van der Waals surface area contributed by atoms with E-state index in [0.717, 1.165) is 12.8 Å². The number of hydrogen-bond acceptors (Lipinski definition) is 5. The number of rotatable bonds is 13. The van der Waals surface area contributed by atoms with Crippen molar-refractivity contribution in [1.29, 1.82) is 0 Å². The molecule has 0 atom stereocenters. The number of hydrogen-bond donors (Lipinski definition) is 2. The maximum atomic E-state index is 14.1. The minimum Gasteiger partial charge on any atom is -0.507 e. The van der Waals surface area contributed by atoms with Gasteiger partial charge in [-0.3, -0.25) is 9.59 Å². The van der Waals surface area contributed by atoms with Crippen LogP contribution in [0.3, 0.4) is 0 Å². The third-order valence-electron chi connectivity index (χ3n) is 6.60. The van der Waals surface area contributed by atoms with E-state index in [4.69, 9.17) is 9.47 Å². The molecule has 1 heterocycles. The molecule has 1 amide bonds. The Kier molecular flexibility index (Phi) is 10.3. The van der Waals surface area contributed by atoms with Crippen molar-refractivity contribution in [2.75, 3.05) is 27.3 Å². The lowest BCUT2D eigenvalue weighted by atomic mass is 9.95. The van der Waals surface area contributed by atoms with E-state index < -0.39 is 5.56 Å². The molecule has 3 aromatic rings. The molecule has 0 saturated heterocycles. The summed E-state index contributed by atoms with van der Waals surface area (Å²) in [5.41, 5.74) is 1.45. The van der Waals surface area contributed by atoms with Gasteiger partial charge in [-0.2, -0.15) is 0 Å². The average Bonchev–Trinajstić information content (AvgIpc) is 2.92. The lowest BCUT2D eigenvalue weighted by molar-refractivity contribution is -0.130. The lowest BCUT2D eigenvalue weighted by Gasteiger charge is -2.23. The zero-order chi connectivity index (χ0) is 27.7. The summed E-state index contributed by atoms with van der Waals surface area (Å²) in [6, 6.07) is 11.8. The van der Waals surface area contributed by atoms with Gasteiger partial charge in [0.05, 0.1) is 37.3 Å². The maximum absolute atomic E-state index is 14.1. The quantitative estimate of drug-likeness (QED) is 0.318. The van der Waals surface area contributed by atoms with Crippen LogP contribution in [0.4, 0.5) is 4.39 Å². The molecule has 0 fully saturated rings. The van der Waals surface area contributed by atoms with Crippen LogP contribution in [0.1, 0.15) is 49.9 Å². The largest absolute Gasteiger partial charge is 0.507 e. The summed E-state index contributed by atoms with van der Waals surface area (Å²) in [7, 11) is 3.05. The van der Waals surface area contributed by atoms with E-state index in [1.54, 1.807) is 41.3 Å². The molecule has 2 aromatic carbocycles. The Balaban J connectivity index is 2.03. The molecule has 1 aromatic heterocycles. The Morgan fingerprint density at radius 2 is 1.63 bits per heavy atom. The second kappa shape index (κ2) is 13.7. The van der Waals surface area contributed by atoms with Crippen molar-refractivity contribution in [2.45, 2.75) is 52.4 Å². The van der Waals surface area contributed by atoms with Crippen molar-refractivity contribution in [3.05, 3.63) is 75.5 Å². The second-order valence-electron chi connectivity index (χ2n) is 9.17. The van der Waals surface area contributed by atoms with Crippen molar-refractivity contribution in [2.24, 2.45) is 0 Å². The number of carbonyl (C=O) groups excluding carboxylic acids is 1. The number of aromatic nitrogens is 1. The topological polar surface area (TPSA) is 91.9 Å². The van der Waals surface area contributed by atoms with Crippen molar-refractivity contribution in [3.63, 3.8) is 0 Å². The SMILES string of the molecule is CCCCc1[nH]c(=O)c(CC(=O)N(CCC)CCc2ccccc2F)c(O)c1-c1c(OC)cccc1OC. The van der Waals surface area contributed by atoms with E-state index >= 15 is 0 Å². The molecule has 0 spiro atoms. The summed E-state index contributed by atoms with van der Waals surface area (Å²) in [6.07, 6.45) is 2.95. The van der Waals surface area contributed by atoms with Crippen LogP contribution in [0.2, 0.25) is 0 Å². The first-order valence-electron chi connectivity index (χ1n) is 13.1. The number of H-pyrrole nitrogens is 1. The van der Waals surface area contributed by atoms with Gasteiger partial charge in [0.2, 0.25) is 5.91 Å². The molecule has 8 heteroatoms. The highest BCUT2D eigenvalue weighted by Gasteiger charge is 2.26. The van der Waals surface area contributed by atoms with Crippen LogP contribution in [-0.2, 0) is 24.1 Å². The van der Waals surface area contributed by atoms with Gasteiger partial charge in [0.1, 0.15) is 23.1 Å². The molecular formula is C30H37FN2O5. The summed E-state index contributed by atoms with van der Waals surface area (Å²) in [4.78, 5) is 31.1. The van der Waals surface area contributed by atoms with Crippen LogP contribution < -0.4 is 15.0 Å². The van der Waals surface area contributed by atoms with Gasteiger partial charge < -0.3 is 24.5 Å². The van der Waals surface area contributed by atoms with Crippen molar-refractivity contribution in [3.8, 4) is 28.4 Å². The van der Waals surface area contributed by atoms with Crippen LogP contribution in [0.15, 0.2) is 47.3 Å². The van der Waals surface area contributed by atoms with E-state index in [9.17, 15) is 19.1 Å². The predicted octanol–water partition coefficient (Wildman–Crippen LogP) is 5.27. The zero-order valence-electron chi connectivity index (χ0n) is 22.6. The highest BCUT2D eigenvalue weighted by atomic mass is 19.1. The predicted molar refractivity (Wildman–Crippen MR) is 147 cm³/mol. The van der Waals surface area contributed by atoms with E-state index in [2.05, 4.69) is 4.98 Å². The third kappa shape index (κ3) is 6.54. The summed E-state index contributed by atoms with van der Waals surface area (Å²) in [6.45, 7) is 4.74. The van der Waals surface area contributed by atoms with Crippen molar-refractivity contribution >= 4 is 5.91 Å². The summed E-state index contributed by atoms with van der Waals surface area (Å²) < 4.78 is 25.3. The number of benzene rings is 2. The molecule has 0 bridgehead atoms. The number of methoxy groups -OCH3 is 2. The molecule has 0 aliphatic carbocycles. The number of aromatic amines is 1. The van der Waals surface area contributed by atoms with Crippen molar-refractivity contribution in [1.82, 2.24) is 9.88 Å². The molecule has 0 aliphatic heterocycles. The zero-order valence-corrected chi connectivity index (χ0v) is 22.6. The summed E-state index contributed by atoms with van der Waals surface area (Å²) in [5, 5.41) is 11.5. The van der Waals surface area contributed by atoms with Gasteiger partial charge in [-0.15, -0.1) is 0 Å². The molecule has 7 nitrogen and oxygen atoms in total. The van der Waals surface area contributed by atoms with E-state index in [0.29, 0.717) is 66.2 Å². The number of amides is 1. The van der Waals surface area contributed by atoms with Crippen LogP contribution in [0.25, 0.3) is 11.1 Å². The fraction of sp³-hybridized carbons (Fsp3) is 0.400. The average molecular weight is 525 g/mol. The first-order valence-corrected chi connectivity index (χ1v) is 13.1. The molecule has 0 radical (unpaired) electrons. The molecule has 204 valence electrons. The standard InChI is InChI=1S/C30H37FN2O5/c1-5-7-13-23-27(28-24(37-3)14-10-15-25(28)38-4)29(35)21(30(36)32-23)19-26(34)33(17-6-2)18-16-20-11-8-9-12-22(20)31/h8-12,14-15H,5-7,13,16-19H2,1-4H3,(H2,32,35,36). The van der Waals surface area contributed by atoms with Crippen molar-refractivity contribution < 1.29 is 23.8 Å². The Morgan fingerprint density at radius 3 is 2.24 bits per heavy atom. The number of pyridine rings is 1. The molecule has 38 heavy (non-hydrogen) atoms. The first-order chi connectivity index (χ1) is 18.4. The molecular weight excluding hydrogens is 487 g/mol. The molecule has 0 aliphatic rings. The monoisotopic (exact) mass is 524 g/mol. The molecule has 3 rings (SSSR count). The van der Waals surface area contributed by atoms with Crippen LogP contribution in [-0.4, -0.2) is 48.2 Å². The normalized spacial score (nSPS) is 10.9. The number of nitrogens with zero attached hydrogens (tertiary/aromatic N) is 1. The number of aryl methyl sites for hydroxylation is 1. The molecule has 0 unspecified atom stereocenters. The molecule has 0 saturated carbocycles.